The fourth-order valence-electron chi connectivity index (χ4n) is 2.91. The monoisotopic (exact) mass is 366 g/mol. The minimum atomic E-state index is -0.250. The number of ether oxygens (including phenoxy) is 2. The Morgan fingerprint density at radius 3 is 2.41 bits per heavy atom. The molecule has 27 heavy (non-hydrogen) atoms. The molecule has 1 heterocycles. The maximum atomic E-state index is 12.4. The van der Waals surface area contributed by atoms with Crippen LogP contribution in [-0.4, -0.2) is 31.7 Å². The Kier molecular flexibility index (Phi) is 5.45. The van der Waals surface area contributed by atoms with Crippen molar-refractivity contribution in [2.45, 2.75) is 13.3 Å². The average Bonchev–Trinajstić information content (AvgIpc) is 2.68. The van der Waals surface area contributed by atoms with Crippen molar-refractivity contribution in [2.75, 3.05) is 20.8 Å². The Hall–Kier alpha value is -3.28. The van der Waals surface area contributed by atoms with Crippen molar-refractivity contribution in [3.05, 3.63) is 69.5 Å². The maximum Gasteiger partial charge on any atom is 0.251 e. The van der Waals surface area contributed by atoms with E-state index in [4.69, 9.17) is 9.47 Å². The third-order valence-electron chi connectivity index (χ3n) is 4.37. The lowest BCUT2D eigenvalue weighted by atomic mass is 10.1. The first kappa shape index (κ1) is 18.5. The highest BCUT2D eigenvalue weighted by atomic mass is 16.5. The molecule has 0 aliphatic heterocycles. The molecule has 3 aromatic rings. The molecule has 3 rings (SSSR count). The van der Waals surface area contributed by atoms with E-state index in [2.05, 4.69) is 10.3 Å². The molecule has 0 fully saturated rings. The van der Waals surface area contributed by atoms with Gasteiger partial charge in [-0.3, -0.25) is 9.59 Å². The number of aromatic amines is 1. The fraction of sp³-hybridized carbons (Fsp3) is 0.238. The van der Waals surface area contributed by atoms with Crippen LogP contribution in [0.1, 0.15) is 21.5 Å². The smallest absolute Gasteiger partial charge is 0.251 e. The predicted octanol–water partition coefficient (Wildman–Crippen LogP) is 2.83. The van der Waals surface area contributed by atoms with Gasteiger partial charge >= 0.3 is 0 Å². The molecule has 0 bridgehead atoms. The molecule has 0 saturated heterocycles. The summed E-state index contributed by atoms with van der Waals surface area (Å²) in [6.45, 7) is 2.35. The molecule has 140 valence electrons. The predicted molar refractivity (Wildman–Crippen MR) is 105 cm³/mol. The largest absolute Gasteiger partial charge is 0.497 e. The second-order valence-electron chi connectivity index (χ2n) is 6.32. The molecule has 6 nitrogen and oxygen atoms in total. The van der Waals surface area contributed by atoms with Gasteiger partial charge in [0.1, 0.15) is 11.5 Å². The van der Waals surface area contributed by atoms with Gasteiger partial charge in [0.2, 0.25) is 0 Å². The van der Waals surface area contributed by atoms with Gasteiger partial charge in [-0.2, -0.15) is 0 Å². The number of amides is 1. The van der Waals surface area contributed by atoms with Crippen LogP contribution in [-0.2, 0) is 6.42 Å². The summed E-state index contributed by atoms with van der Waals surface area (Å²) < 4.78 is 10.4. The number of hydrogen-bond acceptors (Lipinski definition) is 4. The third kappa shape index (κ3) is 4.28. The highest BCUT2D eigenvalue weighted by Crippen LogP contribution is 2.22. The lowest BCUT2D eigenvalue weighted by Crippen LogP contribution is -2.27. The SMILES string of the molecule is COc1cc(OC)cc(C(=O)NCCc2cc3cc(C)ccc3[nH]c2=O)c1. The second kappa shape index (κ2) is 7.95. The van der Waals surface area contributed by atoms with Crippen molar-refractivity contribution in [1.29, 1.82) is 0 Å². The minimum Gasteiger partial charge on any atom is -0.497 e. The van der Waals surface area contributed by atoms with Crippen LogP contribution < -0.4 is 20.3 Å². The topological polar surface area (TPSA) is 80.4 Å². The molecule has 0 spiro atoms. The van der Waals surface area contributed by atoms with Gasteiger partial charge in [-0.25, -0.2) is 0 Å². The Balaban J connectivity index is 1.71. The summed E-state index contributed by atoms with van der Waals surface area (Å²) in [6.07, 6.45) is 0.437. The van der Waals surface area contributed by atoms with Crippen LogP contribution in [0.5, 0.6) is 11.5 Å². The van der Waals surface area contributed by atoms with Crippen molar-refractivity contribution in [3.8, 4) is 11.5 Å². The second-order valence-corrected chi connectivity index (χ2v) is 6.32. The molecule has 0 unspecified atom stereocenters. The summed E-state index contributed by atoms with van der Waals surface area (Å²) in [7, 11) is 3.06. The number of benzene rings is 2. The summed E-state index contributed by atoms with van der Waals surface area (Å²) in [6, 6.07) is 12.7. The quantitative estimate of drug-likeness (QED) is 0.703. The first-order chi connectivity index (χ1) is 13.0. The van der Waals surface area contributed by atoms with E-state index in [1.807, 2.05) is 31.2 Å². The number of hydrogen-bond donors (Lipinski definition) is 2. The van der Waals surface area contributed by atoms with Crippen molar-refractivity contribution >= 4 is 16.8 Å². The van der Waals surface area contributed by atoms with Crippen LogP contribution in [0.3, 0.4) is 0 Å². The van der Waals surface area contributed by atoms with Crippen molar-refractivity contribution in [1.82, 2.24) is 10.3 Å². The van der Waals surface area contributed by atoms with Gasteiger partial charge in [-0.15, -0.1) is 0 Å². The average molecular weight is 366 g/mol. The van der Waals surface area contributed by atoms with Gasteiger partial charge in [0.05, 0.1) is 14.2 Å². The Bertz CT molecular complexity index is 1020. The Labute approximate surface area is 157 Å². The molecule has 0 aliphatic carbocycles. The van der Waals surface area contributed by atoms with Crippen molar-refractivity contribution < 1.29 is 14.3 Å². The number of carbonyl (C=O) groups excluding carboxylic acids is 1. The Morgan fingerprint density at radius 1 is 1.04 bits per heavy atom. The van der Waals surface area contributed by atoms with E-state index in [0.717, 1.165) is 16.5 Å². The molecule has 2 aromatic carbocycles. The number of carbonyl (C=O) groups is 1. The molecule has 0 aliphatic rings. The number of pyridine rings is 1. The first-order valence-corrected chi connectivity index (χ1v) is 8.64. The number of nitrogens with one attached hydrogen (secondary N) is 2. The highest BCUT2D eigenvalue weighted by molar-refractivity contribution is 5.95. The van der Waals surface area contributed by atoms with Crippen molar-refractivity contribution in [3.63, 3.8) is 0 Å². The van der Waals surface area contributed by atoms with Crippen LogP contribution in [0.15, 0.2) is 47.3 Å². The lowest BCUT2D eigenvalue weighted by molar-refractivity contribution is 0.0953. The molecular weight excluding hydrogens is 344 g/mol. The van der Waals surface area contributed by atoms with Crippen LogP contribution in [0.4, 0.5) is 0 Å². The van der Waals surface area contributed by atoms with Crippen LogP contribution in [0.25, 0.3) is 10.9 Å². The van der Waals surface area contributed by atoms with Gasteiger partial charge in [0.25, 0.3) is 11.5 Å². The van der Waals surface area contributed by atoms with Gasteiger partial charge in [-0.1, -0.05) is 11.6 Å². The van der Waals surface area contributed by atoms with Crippen molar-refractivity contribution in [2.24, 2.45) is 0 Å². The molecule has 0 saturated carbocycles. The van der Waals surface area contributed by atoms with E-state index >= 15 is 0 Å². The highest BCUT2D eigenvalue weighted by Gasteiger charge is 2.10. The van der Waals surface area contributed by atoms with Crippen LogP contribution in [0.2, 0.25) is 0 Å². The number of aromatic nitrogens is 1. The lowest BCUT2D eigenvalue weighted by Gasteiger charge is -2.09. The summed E-state index contributed by atoms with van der Waals surface area (Å²) in [5.41, 5.74) is 2.87. The minimum absolute atomic E-state index is 0.136. The van der Waals surface area contributed by atoms with E-state index in [1.165, 1.54) is 14.2 Å². The Morgan fingerprint density at radius 2 is 1.74 bits per heavy atom. The molecular formula is C21H22N2O4. The molecule has 0 atom stereocenters. The van der Waals surface area contributed by atoms with E-state index in [1.54, 1.807) is 18.2 Å². The first-order valence-electron chi connectivity index (χ1n) is 8.64. The normalized spacial score (nSPS) is 10.6. The van der Waals surface area contributed by atoms with Gasteiger partial charge in [0, 0.05) is 29.3 Å². The van der Waals surface area contributed by atoms with Crippen LogP contribution in [0, 0.1) is 6.92 Å². The molecule has 0 radical (unpaired) electrons. The molecule has 2 N–H and O–H groups in total. The number of rotatable bonds is 6. The molecule has 6 heteroatoms. The number of aryl methyl sites for hydroxylation is 1. The van der Waals surface area contributed by atoms with Gasteiger partial charge in [-0.05, 0) is 49.1 Å². The molecule has 1 aromatic heterocycles. The third-order valence-corrected chi connectivity index (χ3v) is 4.37. The van der Waals surface area contributed by atoms with E-state index in [9.17, 15) is 9.59 Å². The van der Waals surface area contributed by atoms with E-state index in [0.29, 0.717) is 35.6 Å². The zero-order valence-corrected chi connectivity index (χ0v) is 15.6. The number of methoxy groups -OCH3 is 2. The van der Waals surface area contributed by atoms with Gasteiger partial charge in [0.15, 0.2) is 0 Å². The fourth-order valence-corrected chi connectivity index (χ4v) is 2.91. The zero-order valence-electron chi connectivity index (χ0n) is 15.6. The van der Waals surface area contributed by atoms with Gasteiger partial charge < -0.3 is 19.8 Å². The maximum absolute atomic E-state index is 12.4. The number of H-pyrrole nitrogens is 1. The standard InChI is InChI=1S/C21H22N2O4/c1-13-4-5-19-15(8-13)9-14(21(25)23-19)6-7-22-20(24)16-10-17(26-2)12-18(11-16)27-3/h4-5,8-12H,6-7H2,1-3H3,(H,22,24)(H,23,25). The summed E-state index contributed by atoms with van der Waals surface area (Å²) in [5, 5.41) is 3.81. The van der Waals surface area contributed by atoms with Crippen LogP contribution >= 0.6 is 0 Å². The van der Waals surface area contributed by atoms with E-state index in [-0.39, 0.29) is 11.5 Å². The number of fused-ring (bicyclic) bond motifs is 1. The summed E-state index contributed by atoms with van der Waals surface area (Å²) >= 11 is 0. The summed E-state index contributed by atoms with van der Waals surface area (Å²) in [5.74, 6) is 0.835. The molecule has 1 amide bonds. The van der Waals surface area contributed by atoms with E-state index < -0.39 is 0 Å². The summed E-state index contributed by atoms with van der Waals surface area (Å²) in [4.78, 5) is 27.5. The zero-order chi connectivity index (χ0) is 19.4.